The molecule has 3 heterocycles. The molecular formula is C27H37F3N2O7. The highest BCUT2D eigenvalue weighted by Gasteiger charge is 2.49. The first-order valence-corrected chi connectivity index (χ1v) is 12.9. The van der Waals surface area contributed by atoms with Crippen molar-refractivity contribution in [1.82, 2.24) is 10.3 Å². The number of aromatic nitrogens is 1. The van der Waals surface area contributed by atoms with Gasteiger partial charge in [-0.2, -0.15) is 13.2 Å². The Balaban J connectivity index is 1.98. The maximum absolute atomic E-state index is 14.0. The summed E-state index contributed by atoms with van der Waals surface area (Å²) in [4.78, 5) is 30.1. The van der Waals surface area contributed by atoms with Crippen LogP contribution in [-0.4, -0.2) is 68.6 Å². The summed E-state index contributed by atoms with van der Waals surface area (Å²) in [7, 11) is 0. The largest absolute Gasteiger partial charge is 0.457 e. The van der Waals surface area contributed by atoms with Gasteiger partial charge in [-0.25, -0.2) is 4.98 Å². The number of rotatable bonds is 3. The minimum Gasteiger partial charge on any atom is -0.457 e. The van der Waals surface area contributed by atoms with Crippen LogP contribution in [0.1, 0.15) is 65.5 Å². The standard InChI is InChI=1S/C27H37F3N2O7/c1-13(8-17-12-38-21(11-33)31-17)19-7-6-16(27(28,29)30)9-18-23(32-18)14(2)24(36)15(3)25(37)26(4,5)20(34)10-22(35)39-19/h6,8,12,14-15,18-20,23-24,32-34,36H,7,9-11H2,1-5H3/b13-8?,16-6+/t14-,15-,18?,19-,20+,23?,24+/m1/s1. The summed E-state index contributed by atoms with van der Waals surface area (Å²) in [6.07, 6.45) is -5.94. The van der Waals surface area contributed by atoms with Crippen molar-refractivity contribution in [3.8, 4) is 0 Å². The fourth-order valence-electron chi connectivity index (χ4n) is 5.01. The van der Waals surface area contributed by atoms with E-state index in [4.69, 9.17) is 14.3 Å². The van der Waals surface area contributed by atoms with E-state index in [0.717, 1.165) is 6.08 Å². The van der Waals surface area contributed by atoms with Crippen LogP contribution < -0.4 is 5.32 Å². The number of aliphatic hydroxyl groups is 3. The Labute approximate surface area is 225 Å². The Morgan fingerprint density at radius 2 is 1.90 bits per heavy atom. The van der Waals surface area contributed by atoms with Crippen LogP contribution in [0.3, 0.4) is 0 Å². The molecule has 4 N–H and O–H groups in total. The van der Waals surface area contributed by atoms with Gasteiger partial charge in [0.05, 0.1) is 24.0 Å². The van der Waals surface area contributed by atoms with Crippen LogP contribution in [0.25, 0.3) is 6.08 Å². The molecule has 2 aliphatic heterocycles. The molecule has 1 aromatic rings. The highest BCUT2D eigenvalue weighted by molar-refractivity contribution is 5.88. The van der Waals surface area contributed by atoms with Crippen molar-refractivity contribution in [3.05, 3.63) is 35.1 Å². The number of nitrogens with zero attached hydrogens (tertiary/aromatic N) is 1. The lowest BCUT2D eigenvalue weighted by Crippen LogP contribution is -2.46. The number of hydrogen-bond acceptors (Lipinski definition) is 9. The van der Waals surface area contributed by atoms with Crippen LogP contribution in [0.15, 0.2) is 27.9 Å². The van der Waals surface area contributed by atoms with Crippen molar-refractivity contribution >= 4 is 17.8 Å². The number of nitrogens with one attached hydrogen (secondary N) is 1. The number of halogens is 3. The summed E-state index contributed by atoms with van der Waals surface area (Å²) < 4.78 is 52.4. The first-order valence-electron chi connectivity index (χ1n) is 12.9. The van der Waals surface area contributed by atoms with Gasteiger partial charge in [0.25, 0.3) is 0 Å². The third-order valence-electron chi connectivity index (χ3n) is 7.83. The molecule has 7 atom stereocenters. The predicted molar refractivity (Wildman–Crippen MR) is 134 cm³/mol. The van der Waals surface area contributed by atoms with Crippen LogP contribution in [0.4, 0.5) is 13.2 Å². The maximum Gasteiger partial charge on any atom is 0.412 e. The number of hydrogen-bond donors (Lipinski definition) is 4. The van der Waals surface area contributed by atoms with Gasteiger partial charge in [0, 0.05) is 30.0 Å². The molecule has 0 amide bonds. The lowest BCUT2D eigenvalue weighted by Gasteiger charge is -2.34. The van der Waals surface area contributed by atoms with Gasteiger partial charge in [0.1, 0.15) is 30.5 Å². The van der Waals surface area contributed by atoms with Crippen molar-refractivity contribution in [2.75, 3.05) is 0 Å². The van der Waals surface area contributed by atoms with Crippen molar-refractivity contribution < 1.29 is 47.2 Å². The zero-order valence-electron chi connectivity index (χ0n) is 22.7. The number of esters is 1. The van der Waals surface area contributed by atoms with E-state index in [-0.39, 0.29) is 24.4 Å². The lowest BCUT2D eigenvalue weighted by atomic mass is 9.73. The van der Waals surface area contributed by atoms with E-state index in [0.29, 0.717) is 5.57 Å². The molecule has 12 heteroatoms. The van der Waals surface area contributed by atoms with Crippen LogP contribution in [0.2, 0.25) is 0 Å². The van der Waals surface area contributed by atoms with E-state index in [2.05, 4.69) is 10.3 Å². The van der Waals surface area contributed by atoms with Gasteiger partial charge in [-0.1, -0.05) is 33.8 Å². The summed E-state index contributed by atoms with van der Waals surface area (Å²) in [6.45, 7) is 7.24. The summed E-state index contributed by atoms with van der Waals surface area (Å²) in [5.74, 6) is -2.80. The zero-order valence-corrected chi connectivity index (χ0v) is 22.7. The number of oxazole rings is 1. The second kappa shape index (κ2) is 11.9. The molecule has 1 saturated heterocycles. The molecule has 2 unspecified atom stereocenters. The molecule has 0 radical (unpaired) electrons. The molecule has 218 valence electrons. The van der Waals surface area contributed by atoms with Gasteiger partial charge in [0.2, 0.25) is 5.89 Å². The number of aliphatic hydroxyl groups excluding tert-OH is 3. The Kier molecular flexibility index (Phi) is 9.47. The highest BCUT2D eigenvalue weighted by atomic mass is 19.4. The molecule has 0 saturated carbocycles. The quantitative estimate of drug-likeness (QED) is 0.249. The topological polar surface area (TPSA) is 152 Å². The first-order chi connectivity index (χ1) is 18.1. The number of cyclic esters (lactones) is 1. The second-order valence-electron chi connectivity index (χ2n) is 11.1. The van der Waals surface area contributed by atoms with Gasteiger partial charge < -0.3 is 29.8 Å². The fourth-order valence-corrected chi connectivity index (χ4v) is 5.01. The molecule has 9 nitrogen and oxygen atoms in total. The number of fused-ring (bicyclic) bond motifs is 1. The lowest BCUT2D eigenvalue weighted by molar-refractivity contribution is -0.154. The molecule has 0 spiro atoms. The minimum atomic E-state index is -4.64. The third-order valence-corrected chi connectivity index (χ3v) is 7.83. The Morgan fingerprint density at radius 1 is 1.23 bits per heavy atom. The molecular weight excluding hydrogens is 521 g/mol. The predicted octanol–water partition coefficient (Wildman–Crippen LogP) is 3.08. The Hall–Kier alpha value is -2.54. The minimum absolute atomic E-state index is 0.0402. The molecule has 39 heavy (non-hydrogen) atoms. The number of ketones is 1. The summed E-state index contributed by atoms with van der Waals surface area (Å²) in [5, 5.41) is 33.8. The zero-order chi connectivity index (χ0) is 29.3. The van der Waals surface area contributed by atoms with Gasteiger partial charge in [-0.3, -0.25) is 9.59 Å². The molecule has 2 aliphatic rings. The van der Waals surface area contributed by atoms with Crippen LogP contribution in [-0.2, 0) is 20.9 Å². The third kappa shape index (κ3) is 7.36. The summed E-state index contributed by atoms with van der Waals surface area (Å²) >= 11 is 0. The number of carbonyl (C=O) groups is 2. The first kappa shape index (κ1) is 31.0. The van der Waals surface area contributed by atoms with E-state index in [1.165, 1.54) is 33.1 Å². The van der Waals surface area contributed by atoms with Crippen LogP contribution in [0.5, 0.6) is 0 Å². The van der Waals surface area contributed by atoms with E-state index in [1.807, 2.05) is 0 Å². The van der Waals surface area contributed by atoms with Crippen LogP contribution in [0, 0.1) is 17.3 Å². The Morgan fingerprint density at radius 3 is 2.49 bits per heavy atom. The average molecular weight is 559 g/mol. The highest BCUT2D eigenvalue weighted by Crippen LogP contribution is 2.38. The molecule has 3 rings (SSSR count). The SMILES string of the molecule is CC(=Cc1coc(CO)n1)[C@H]1C/C=C(/C(F)(F)F)CC2NC2[C@@H](C)[C@H](O)[C@@H](C)C(=O)C(C)(C)[C@@H](O)CC(=O)O1. The molecule has 0 aliphatic carbocycles. The van der Waals surface area contributed by atoms with E-state index < -0.39 is 84.2 Å². The number of ether oxygens (including phenoxy) is 1. The van der Waals surface area contributed by atoms with Gasteiger partial charge >= 0.3 is 12.1 Å². The van der Waals surface area contributed by atoms with Crippen molar-refractivity contribution in [2.45, 2.75) is 97.1 Å². The normalized spacial score (nSPS) is 34.6. The van der Waals surface area contributed by atoms with Crippen molar-refractivity contribution in [1.29, 1.82) is 0 Å². The molecule has 0 bridgehead atoms. The molecule has 0 aromatic carbocycles. The van der Waals surface area contributed by atoms with Crippen molar-refractivity contribution in [3.63, 3.8) is 0 Å². The van der Waals surface area contributed by atoms with Gasteiger partial charge in [0.15, 0.2) is 0 Å². The monoisotopic (exact) mass is 558 g/mol. The van der Waals surface area contributed by atoms with Crippen LogP contribution >= 0.6 is 0 Å². The summed E-state index contributed by atoms with van der Waals surface area (Å²) in [5.41, 5.74) is -1.58. The number of alkyl halides is 3. The fraction of sp³-hybridized carbons (Fsp3) is 0.667. The smallest absolute Gasteiger partial charge is 0.412 e. The number of Topliss-reactive ketones (excluding diaryl/α,β-unsaturated/α-hetero) is 1. The second-order valence-corrected chi connectivity index (χ2v) is 11.1. The van der Waals surface area contributed by atoms with E-state index >= 15 is 0 Å². The maximum atomic E-state index is 14.0. The van der Waals surface area contributed by atoms with E-state index in [9.17, 15) is 33.0 Å². The van der Waals surface area contributed by atoms with Gasteiger partial charge in [-0.15, -0.1) is 0 Å². The van der Waals surface area contributed by atoms with Gasteiger partial charge in [-0.05, 0) is 30.9 Å². The number of carbonyl (C=O) groups excluding carboxylic acids is 2. The van der Waals surface area contributed by atoms with E-state index in [1.54, 1.807) is 13.8 Å². The Bertz CT molecular complexity index is 1110. The molecule has 1 aromatic heterocycles. The molecule has 1 fully saturated rings. The summed E-state index contributed by atoms with van der Waals surface area (Å²) in [6, 6.07) is -0.980. The van der Waals surface area contributed by atoms with Crippen molar-refractivity contribution in [2.24, 2.45) is 17.3 Å². The average Bonchev–Trinajstić information content (AvgIpc) is 3.49.